The maximum Gasteiger partial charge on any atom is 0.330 e. The van der Waals surface area contributed by atoms with Crippen molar-refractivity contribution in [2.24, 2.45) is 0 Å². The van der Waals surface area contributed by atoms with Crippen molar-refractivity contribution in [2.75, 3.05) is 0 Å². The Morgan fingerprint density at radius 1 is 1.23 bits per heavy atom. The monoisotopic (exact) mass is 300 g/mol. The van der Waals surface area contributed by atoms with E-state index < -0.39 is 12.0 Å². The summed E-state index contributed by atoms with van der Waals surface area (Å²) in [7, 11) is 0. The normalized spacial score (nSPS) is 12.0. The second-order valence-corrected chi connectivity index (χ2v) is 5.18. The van der Waals surface area contributed by atoms with Crippen LogP contribution < -0.4 is 5.32 Å². The van der Waals surface area contributed by atoms with Crippen molar-refractivity contribution in [3.8, 4) is 0 Å². The third kappa shape index (κ3) is 3.03. The molecule has 0 spiro atoms. The van der Waals surface area contributed by atoms with Gasteiger partial charge in [0.25, 0.3) is 5.91 Å². The van der Waals surface area contributed by atoms with E-state index in [0.717, 1.165) is 17.9 Å². The zero-order chi connectivity index (χ0) is 16.3. The number of carbonyl (C=O) groups is 2. The molecule has 0 bridgehead atoms. The Morgan fingerprint density at radius 2 is 1.86 bits per heavy atom. The molecule has 0 aliphatic rings. The van der Waals surface area contributed by atoms with E-state index in [4.69, 9.17) is 0 Å². The first kappa shape index (κ1) is 15.8. The van der Waals surface area contributed by atoms with Gasteiger partial charge in [-0.3, -0.25) is 4.79 Å². The summed E-state index contributed by atoms with van der Waals surface area (Å²) in [5.74, 6) is -1.45. The van der Waals surface area contributed by atoms with Crippen molar-refractivity contribution < 1.29 is 14.7 Å². The van der Waals surface area contributed by atoms with Crippen LogP contribution in [0.2, 0.25) is 0 Å². The molecule has 116 valence electrons. The molecule has 2 rings (SSSR count). The lowest BCUT2D eigenvalue weighted by atomic mass is 10.1. The molecule has 1 amide bonds. The quantitative estimate of drug-likeness (QED) is 0.891. The second kappa shape index (κ2) is 6.47. The number of aromatic nitrogens is 1. The number of aryl methyl sites for hydroxylation is 1. The molecule has 0 fully saturated rings. The van der Waals surface area contributed by atoms with Crippen LogP contribution in [0.5, 0.6) is 0 Å². The summed E-state index contributed by atoms with van der Waals surface area (Å²) in [5.41, 5.74) is 2.89. The highest BCUT2D eigenvalue weighted by molar-refractivity contribution is 5.98. The molecule has 1 atom stereocenters. The summed E-state index contributed by atoms with van der Waals surface area (Å²) in [6.45, 7) is 6.57. The summed E-state index contributed by atoms with van der Waals surface area (Å²) < 4.78 is 2.02. The van der Waals surface area contributed by atoms with Gasteiger partial charge in [-0.05, 0) is 32.4 Å². The van der Waals surface area contributed by atoms with Crippen LogP contribution in [0.4, 0.5) is 0 Å². The molecule has 22 heavy (non-hydrogen) atoms. The molecule has 0 radical (unpaired) electrons. The average Bonchev–Trinajstić information content (AvgIpc) is 2.79. The smallest absolute Gasteiger partial charge is 0.330 e. The molecule has 1 aromatic heterocycles. The molecule has 1 heterocycles. The molecule has 0 aliphatic carbocycles. The summed E-state index contributed by atoms with van der Waals surface area (Å²) in [5, 5.41) is 12.0. The zero-order valence-corrected chi connectivity index (χ0v) is 13.0. The van der Waals surface area contributed by atoms with Gasteiger partial charge >= 0.3 is 5.97 Å². The molecule has 0 saturated carbocycles. The molecule has 0 saturated heterocycles. The Morgan fingerprint density at radius 3 is 2.36 bits per heavy atom. The first-order chi connectivity index (χ1) is 10.5. The predicted octanol–water partition coefficient (Wildman–Crippen LogP) is 2.68. The Bertz CT molecular complexity index is 689. The summed E-state index contributed by atoms with van der Waals surface area (Å²) in [6, 6.07) is 9.42. The number of nitrogens with one attached hydrogen (secondary N) is 1. The van der Waals surface area contributed by atoms with E-state index in [1.54, 1.807) is 36.4 Å². The van der Waals surface area contributed by atoms with Gasteiger partial charge in [-0.2, -0.15) is 0 Å². The van der Waals surface area contributed by atoms with Gasteiger partial charge in [0, 0.05) is 17.9 Å². The summed E-state index contributed by atoms with van der Waals surface area (Å²) in [4.78, 5) is 23.9. The molecule has 2 aromatic rings. The molecule has 5 heteroatoms. The lowest BCUT2D eigenvalue weighted by Crippen LogP contribution is -2.34. The van der Waals surface area contributed by atoms with Gasteiger partial charge in [0.05, 0.1) is 5.56 Å². The maximum atomic E-state index is 12.4. The van der Waals surface area contributed by atoms with Gasteiger partial charge in [-0.15, -0.1) is 0 Å². The van der Waals surface area contributed by atoms with E-state index in [9.17, 15) is 14.7 Å². The molecular formula is C17H20N2O3. The number of carboxylic acid groups (broad SMARTS) is 1. The van der Waals surface area contributed by atoms with Crippen LogP contribution in [0, 0.1) is 13.8 Å². The Hall–Kier alpha value is -2.56. The van der Waals surface area contributed by atoms with E-state index in [-0.39, 0.29) is 5.91 Å². The zero-order valence-electron chi connectivity index (χ0n) is 13.0. The van der Waals surface area contributed by atoms with E-state index >= 15 is 0 Å². The van der Waals surface area contributed by atoms with Gasteiger partial charge in [0.1, 0.15) is 0 Å². The first-order valence-electron chi connectivity index (χ1n) is 7.21. The highest BCUT2D eigenvalue weighted by atomic mass is 16.4. The Kier molecular flexibility index (Phi) is 4.65. The fourth-order valence-electron chi connectivity index (χ4n) is 2.66. The Labute approximate surface area is 129 Å². The lowest BCUT2D eigenvalue weighted by molar-refractivity contribution is -0.139. The van der Waals surface area contributed by atoms with Gasteiger partial charge in [0.2, 0.25) is 0 Å². The van der Waals surface area contributed by atoms with Crippen molar-refractivity contribution in [2.45, 2.75) is 33.4 Å². The maximum absolute atomic E-state index is 12.4. The molecule has 0 unspecified atom stereocenters. The number of hydrogen-bond acceptors (Lipinski definition) is 2. The van der Waals surface area contributed by atoms with E-state index in [1.165, 1.54) is 0 Å². The van der Waals surface area contributed by atoms with Crippen LogP contribution in [-0.2, 0) is 11.3 Å². The third-order valence-electron chi connectivity index (χ3n) is 3.79. The molecule has 2 N–H and O–H groups in total. The van der Waals surface area contributed by atoms with E-state index in [0.29, 0.717) is 11.1 Å². The van der Waals surface area contributed by atoms with Crippen LogP contribution >= 0.6 is 0 Å². The van der Waals surface area contributed by atoms with Crippen molar-refractivity contribution in [3.05, 3.63) is 58.9 Å². The lowest BCUT2D eigenvalue weighted by Gasteiger charge is -2.15. The first-order valence-corrected chi connectivity index (χ1v) is 7.21. The van der Waals surface area contributed by atoms with Crippen LogP contribution in [0.15, 0.2) is 36.4 Å². The fraction of sp³-hybridized carbons (Fsp3) is 0.294. The number of aliphatic carboxylic acids is 1. The highest BCUT2D eigenvalue weighted by Gasteiger charge is 2.24. The standard InChI is InChI=1S/C17H20N2O3/c1-4-19-11(2)10-14(12(19)3)16(20)18-15(17(21)22)13-8-6-5-7-9-13/h5-10,15H,4H2,1-3H3,(H,18,20)(H,21,22)/t15-/m0/s1. The third-order valence-corrected chi connectivity index (χ3v) is 3.79. The Balaban J connectivity index is 2.28. The molecule has 1 aromatic carbocycles. The van der Waals surface area contributed by atoms with Crippen molar-refractivity contribution in [1.82, 2.24) is 9.88 Å². The van der Waals surface area contributed by atoms with Crippen LogP contribution in [0.3, 0.4) is 0 Å². The summed E-state index contributed by atoms with van der Waals surface area (Å²) in [6.07, 6.45) is 0. The number of benzene rings is 1. The molecule has 5 nitrogen and oxygen atoms in total. The average molecular weight is 300 g/mol. The highest BCUT2D eigenvalue weighted by Crippen LogP contribution is 2.18. The van der Waals surface area contributed by atoms with Crippen LogP contribution in [-0.4, -0.2) is 21.6 Å². The minimum absolute atomic E-state index is 0.371. The fourth-order valence-corrected chi connectivity index (χ4v) is 2.66. The SMILES string of the molecule is CCn1c(C)cc(C(=O)N[C@H](C(=O)O)c2ccccc2)c1C. The molecular weight excluding hydrogens is 280 g/mol. The van der Waals surface area contributed by atoms with Gasteiger partial charge < -0.3 is 15.0 Å². The van der Waals surface area contributed by atoms with Gasteiger partial charge in [0.15, 0.2) is 6.04 Å². The minimum Gasteiger partial charge on any atom is -0.479 e. The predicted molar refractivity (Wildman–Crippen MR) is 83.9 cm³/mol. The number of carboxylic acids is 1. The second-order valence-electron chi connectivity index (χ2n) is 5.18. The number of rotatable bonds is 5. The van der Waals surface area contributed by atoms with Crippen LogP contribution in [0.1, 0.15) is 40.3 Å². The number of hydrogen-bond donors (Lipinski definition) is 2. The van der Waals surface area contributed by atoms with Crippen molar-refractivity contribution in [1.29, 1.82) is 0 Å². The van der Waals surface area contributed by atoms with Crippen LogP contribution in [0.25, 0.3) is 0 Å². The largest absolute Gasteiger partial charge is 0.479 e. The molecule has 0 aliphatic heterocycles. The van der Waals surface area contributed by atoms with Gasteiger partial charge in [-0.25, -0.2) is 4.79 Å². The van der Waals surface area contributed by atoms with Crippen molar-refractivity contribution in [3.63, 3.8) is 0 Å². The topological polar surface area (TPSA) is 71.3 Å². The van der Waals surface area contributed by atoms with Gasteiger partial charge in [-0.1, -0.05) is 30.3 Å². The van der Waals surface area contributed by atoms with E-state index in [2.05, 4.69) is 5.32 Å². The van der Waals surface area contributed by atoms with E-state index in [1.807, 2.05) is 25.3 Å². The minimum atomic E-state index is -1.08. The number of carbonyl (C=O) groups excluding carboxylic acids is 1. The number of nitrogens with zero attached hydrogens (tertiary/aromatic N) is 1. The van der Waals surface area contributed by atoms with Crippen molar-refractivity contribution >= 4 is 11.9 Å². The number of amides is 1. The summed E-state index contributed by atoms with van der Waals surface area (Å²) >= 11 is 0.